The average Bonchev–Trinajstić information content (AvgIpc) is 2.28. The van der Waals surface area contributed by atoms with E-state index >= 15 is 0 Å². The van der Waals surface area contributed by atoms with Crippen molar-refractivity contribution in [3.05, 3.63) is 0 Å². The van der Waals surface area contributed by atoms with Crippen molar-refractivity contribution in [1.82, 2.24) is 5.32 Å². The fourth-order valence-corrected chi connectivity index (χ4v) is 2.02. The minimum atomic E-state index is -0.711. The third kappa shape index (κ3) is 7.93. The van der Waals surface area contributed by atoms with Crippen molar-refractivity contribution in [2.24, 2.45) is 11.7 Å². The highest BCUT2D eigenvalue weighted by atomic mass is 35.5. The lowest BCUT2D eigenvalue weighted by Gasteiger charge is -2.24. The van der Waals surface area contributed by atoms with Crippen molar-refractivity contribution < 1.29 is 4.79 Å². The number of amides is 1. The first-order valence-electron chi connectivity index (χ1n) is 7.05. The van der Waals surface area contributed by atoms with E-state index in [4.69, 9.17) is 5.73 Å². The third-order valence-corrected chi connectivity index (χ3v) is 3.38. The van der Waals surface area contributed by atoms with Gasteiger partial charge in [0.25, 0.3) is 0 Å². The maximum absolute atomic E-state index is 11.9. The number of carbonyl (C=O) groups excluding carboxylic acids is 1. The lowest BCUT2D eigenvalue weighted by atomic mass is 9.95. The summed E-state index contributed by atoms with van der Waals surface area (Å²) in [4.78, 5) is 11.9. The van der Waals surface area contributed by atoms with Gasteiger partial charge in [-0.2, -0.15) is 0 Å². The molecule has 0 radical (unpaired) electrons. The summed E-state index contributed by atoms with van der Waals surface area (Å²) in [7, 11) is 0. The molecule has 0 aromatic rings. The Morgan fingerprint density at radius 3 is 2.33 bits per heavy atom. The predicted molar refractivity (Wildman–Crippen MR) is 81.1 cm³/mol. The lowest BCUT2D eigenvalue weighted by Crippen LogP contribution is -2.52. The lowest BCUT2D eigenvalue weighted by molar-refractivity contribution is -0.126. The molecular weight excluding hydrogens is 248 g/mol. The van der Waals surface area contributed by atoms with E-state index in [2.05, 4.69) is 26.1 Å². The van der Waals surface area contributed by atoms with Crippen LogP contribution in [-0.4, -0.2) is 18.0 Å². The van der Waals surface area contributed by atoms with Gasteiger partial charge in [-0.05, 0) is 25.7 Å². The van der Waals surface area contributed by atoms with E-state index in [0.29, 0.717) is 5.92 Å². The fourth-order valence-electron chi connectivity index (χ4n) is 2.02. The Hall–Kier alpha value is -0.280. The zero-order valence-electron chi connectivity index (χ0n) is 12.4. The van der Waals surface area contributed by atoms with E-state index < -0.39 is 5.54 Å². The van der Waals surface area contributed by atoms with Crippen LogP contribution in [0, 0.1) is 5.92 Å². The van der Waals surface area contributed by atoms with Gasteiger partial charge in [0.1, 0.15) is 0 Å². The first-order valence-corrected chi connectivity index (χ1v) is 7.05. The zero-order chi connectivity index (χ0) is 13.3. The van der Waals surface area contributed by atoms with Crippen LogP contribution in [-0.2, 0) is 4.79 Å². The second-order valence-corrected chi connectivity index (χ2v) is 5.29. The van der Waals surface area contributed by atoms with Gasteiger partial charge in [-0.25, -0.2) is 0 Å². The minimum absolute atomic E-state index is 0. The molecular formula is C14H31ClN2O. The summed E-state index contributed by atoms with van der Waals surface area (Å²) >= 11 is 0. The monoisotopic (exact) mass is 278 g/mol. The van der Waals surface area contributed by atoms with Crippen LogP contribution in [0.4, 0.5) is 0 Å². The Bertz CT molecular complexity index is 220. The van der Waals surface area contributed by atoms with Gasteiger partial charge in [-0.15, -0.1) is 12.4 Å². The van der Waals surface area contributed by atoms with Crippen molar-refractivity contribution >= 4 is 18.3 Å². The zero-order valence-corrected chi connectivity index (χ0v) is 13.2. The third-order valence-electron chi connectivity index (χ3n) is 3.38. The van der Waals surface area contributed by atoms with Gasteiger partial charge < -0.3 is 11.1 Å². The van der Waals surface area contributed by atoms with Crippen LogP contribution in [0.5, 0.6) is 0 Å². The molecule has 0 aliphatic heterocycles. The van der Waals surface area contributed by atoms with Gasteiger partial charge in [0, 0.05) is 6.54 Å². The van der Waals surface area contributed by atoms with Crippen LogP contribution in [0.1, 0.15) is 66.2 Å². The van der Waals surface area contributed by atoms with Gasteiger partial charge in [-0.3, -0.25) is 4.79 Å². The maximum Gasteiger partial charge on any atom is 0.239 e. The van der Waals surface area contributed by atoms with E-state index in [1.54, 1.807) is 0 Å². The molecule has 0 heterocycles. The van der Waals surface area contributed by atoms with Gasteiger partial charge in [-0.1, -0.05) is 46.5 Å². The average molecular weight is 279 g/mol. The van der Waals surface area contributed by atoms with Crippen LogP contribution in [0.2, 0.25) is 0 Å². The van der Waals surface area contributed by atoms with Crippen LogP contribution in [0.25, 0.3) is 0 Å². The van der Waals surface area contributed by atoms with E-state index in [0.717, 1.165) is 25.8 Å². The molecule has 1 amide bonds. The molecule has 18 heavy (non-hydrogen) atoms. The van der Waals surface area contributed by atoms with Gasteiger partial charge in [0.15, 0.2) is 0 Å². The summed E-state index contributed by atoms with van der Waals surface area (Å²) < 4.78 is 0. The second kappa shape index (κ2) is 10.6. The Morgan fingerprint density at radius 1 is 1.28 bits per heavy atom. The molecule has 0 bridgehead atoms. The number of carbonyl (C=O) groups is 1. The molecule has 3 N–H and O–H groups in total. The Labute approximate surface area is 119 Å². The van der Waals surface area contributed by atoms with E-state index in [-0.39, 0.29) is 18.3 Å². The standard InChI is InChI=1S/C14H30N2O.ClH/c1-5-8-9-12(7-3)11-16-13(17)14(4,15)10-6-2;/h12H,5-11,15H2,1-4H3,(H,16,17);1H. The summed E-state index contributed by atoms with van der Waals surface area (Å²) in [6.07, 6.45) is 6.45. The molecule has 3 nitrogen and oxygen atoms in total. The molecule has 0 fully saturated rings. The number of nitrogens with one attached hydrogen (secondary N) is 1. The molecule has 0 saturated carbocycles. The minimum Gasteiger partial charge on any atom is -0.354 e. The molecule has 0 aromatic heterocycles. The smallest absolute Gasteiger partial charge is 0.239 e. The quantitative estimate of drug-likeness (QED) is 0.680. The maximum atomic E-state index is 11.9. The number of hydrogen-bond donors (Lipinski definition) is 2. The number of rotatable bonds is 9. The van der Waals surface area contributed by atoms with Gasteiger partial charge in [0.2, 0.25) is 5.91 Å². The highest BCUT2D eigenvalue weighted by Crippen LogP contribution is 2.13. The normalized spacial score (nSPS) is 15.4. The number of unbranched alkanes of at least 4 members (excludes halogenated alkanes) is 1. The summed E-state index contributed by atoms with van der Waals surface area (Å²) in [5.74, 6) is 0.589. The molecule has 2 unspecified atom stereocenters. The summed E-state index contributed by atoms with van der Waals surface area (Å²) in [5, 5.41) is 3.00. The number of nitrogens with two attached hydrogens (primary N) is 1. The largest absolute Gasteiger partial charge is 0.354 e. The van der Waals surface area contributed by atoms with E-state index in [1.807, 2.05) is 6.92 Å². The summed E-state index contributed by atoms with van der Waals surface area (Å²) in [6.45, 7) is 9.02. The van der Waals surface area contributed by atoms with Crippen LogP contribution in [0.15, 0.2) is 0 Å². The van der Waals surface area contributed by atoms with Crippen molar-refractivity contribution in [3.63, 3.8) is 0 Å². The topological polar surface area (TPSA) is 55.1 Å². The molecule has 2 atom stereocenters. The number of halogens is 1. The Balaban J connectivity index is 0. The van der Waals surface area contributed by atoms with E-state index in [1.165, 1.54) is 19.3 Å². The Kier molecular flexibility index (Phi) is 11.8. The highest BCUT2D eigenvalue weighted by Gasteiger charge is 2.27. The SMILES string of the molecule is CCCCC(CC)CNC(=O)C(C)(N)CCC.Cl. The predicted octanol–water partition coefficient (Wildman–Crippen LogP) is 3.26. The van der Waals surface area contributed by atoms with Crippen molar-refractivity contribution in [1.29, 1.82) is 0 Å². The van der Waals surface area contributed by atoms with E-state index in [9.17, 15) is 4.79 Å². The fraction of sp³-hybridized carbons (Fsp3) is 0.929. The highest BCUT2D eigenvalue weighted by molar-refractivity contribution is 5.85. The molecule has 0 rings (SSSR count). The first-order chi connectivity index (χ1) is 7.97. The molecule has 0 aromatic carbocycles. The molecule has 0 spiro atoms. The van der Waals surface area contributed by atoms with Crippen molar-refractivity contribution in [2.45, 2.75) is 71.8 Å². The first kappa shape index (κ1) is 20.0. The summed E-state index contributed by atoms with van der Waals surface area (Å²) in [5.41, 5.74) is 5.28. The van der Waals surface area contributed by atoms with Crippen molar-refractivity contribution in [3.8, 4) is 0 Å². The van der Waals surface area contributed by atoms with Crippen LogP contribution < -0.4 is 11.1 Å². The molecule has 0 aliphatic carbocycles. The summed E-state index contributed by atoms with van der Waals surface area (Å²) in [6, 6.07) is 0. The second-order valence-electron chi connectivity index (χ2n) is 5.29. The molecule has 0 aliphatic rings. The van der Waals surface area contributed by atoms with Gasteiger partial charge >= 0.3 is 0 Å². The number of hydrogen-bond acceptors (Lipinski definition) is 2. The molecule has 4 heteroatoms. The molecule has 0 saturated heterocycles. The van der Waals surface area contributed by atoms with Crippen molar-refractivity contribution in [2.75, 3.05) is 6.54 Å². The molecule has 110 valence electrons. The van der Waals surface area contributed by atoms with Crippen LogP contribution in [0.3, 0.4) is 0 Å². The van der Waals surface area contributed by atoms with Crippen LogP contribution >= 0.6 is 12.4 Å². The van der Waals surface area contributed by atoms with Gasteiger partial charge in [0.05, 0.1) is 5.54 Å². The Morgan fingerprint density at radius 2 is 1.89 bits per heavy atom.